The van der Waals surface area contributed by atoms with Gasteiger partial charge in [0.2, 0.25) is 0 Å². The van der Waals surface area contributed by atoms with Crippen LogP contribution in [-0.2, 0) is 16.4 Å². The van der Waals surface area contributed by atoms with Gasteiger partial charge in [-0.25, -0.2) is 17.2 Å². The topological polar surface area (TPSA) is 91.6 Å². The molecule has 3 aliphatic rings. The Morgan fingerprint density at radius 2 is 1.82 bits per heavy atom. The summed E-state index contributed by atoms with van der Waals surface area (Å²) in [5.41, 5.74) is 1.25. The number of nitrogens with one attached hydrogen (secondary N) is 1. The molecule has 7 nitrogen and oxygen atoms in total. The molecular weight excluding hydrogens is 433 g/mol. The Balaban J connectivity index is 0.00000162. The predicted octanol–water partition coefficient (Wildman–Crippen LogP) is -0.0807. The zero-order chi connectivity index (χ0) is 22.3. The summed E-state index contributed by atoms with van der Waals surface area (Å²) in [4.78, 5) is 14.6. The summed E-state index contributed by atoms with van der Waals surface area (Å²) in [7, 11) is -3.84. The molecule has 1 aromatic heterocycles. The first kappa shape index (κ1) is 24.1. The van der Waals surface area contributed by atoms with E-state index in [-0.39, 0.29) is 30.7 Å². The van der Waals surface area contributed by atoms with E-state index in [1.807, 2.05) is 0 Å². The van der Waals surface area contributed by atoms with Gasteiger partial charge in [-0.2, -0.15) is 0 Å². The van der Waals surface area contributed by atoms with Crippen LogP contribution < -0.4 is 24.2 Å². The maximum Gasteiger partial charge on any atom is 1.00 e. The number of benzene rings is 2. The summed E-state index contributed by atoms with van der Waals surface area (Å²) in [5, 5.41) is 13.9. The molecule has 33 heavy (non-hydrogen) atoms. The van der Waals surface area contributed by atoms with E-state index in [1.54, 1.807) is 48.7 Å². The van der Waals surface area contributed by atoms with Crippen LogP contribution in [0.25, 0.3) is 10.9 Å². The van der Waals surface area contributed by atoms with Crippen molar-refractivity contribution in [1.29, 1.82) is 0 Å². The number of hydrogen-bond donors (Lipinski definition) is 2. The largest absolute Gasteiger partial charge is 1.00 e. The second kappa shape index (κ2) is 9.65. The molecule has 170 valence electrons. The first-order chi connectivity index (χ1) is 15.4. The molecule has 2 aromatic carbocycles. The number of aromatic carboxylic acids is 1. The average Bonchev–Trinajstić information content (AvgIpc) is 3.20. The van der Waals surface area contributed by atoms with Crippen LogP contribution in [0.5, 0.6) is 0 Å². The van der Waals surface area contributed by atoms with Gasteiger partial charge in [0.15, 0.2) is 0 Å². The van der Waals surface area contributed by atoms with Crippen molar-refractivity contribution >= 4 is 26.9 Å². The zero-order valence-electron chi connectivity index (χ0n) is 19.8. The molecule has 4 heterocycles. The predicted molar refractivity (Wildman–Crippen MR) is 124 cm³/mol. The Morgan fingerprint density at radius 1 is 1.09 bits per heavy atom. The number of hydrogen-bond acceptors (Lipinski definition) is 5. The standard InChI is InChI=1S/C24H27N3O4S.Li.H/c28-24(29)20-7-4-8-22-23(20)18(9-12-25-21-16-26-13-10-17(21)11-14-26)15-27(22)32(30,31)19-5-2-1-3-6-19;;/h1-8,15,17,21,25H,9-14,16H2,(H,28,29);;/q;+1;-1. The maximum atomic E-state index is 13.3. The molecule has 1 unspecified atom stereocenters. The summed E-state index contributed by atoms with van der Waals surface area (Å²) in [6.45, 7) is 4.08. The number of rotatable bonds is 7. The average molecular weight is 462 g/mol. The van der Waals surface area contributed by atoms with Crippen molar-refractivity contribution in [2.45, 2.75) is 30.2 Å². The van der Waals surface area contributed by atoms with Crippen LogP contribution in [0.15, 0.2) is 59.6 Å². The van der Waals surface area contributed by atoms with Crippen LogP contribution in [0.1, 0.15) is 30.2 Å². The SMILES string of the molecule is O=C(O)c1cccc2c1c(CCNC1CN3CCC1CC3)cn2S(=O)(=O)c1ccccc1.[H-].[Li+]. The van der Waals surface area contributed by atoms with E-state index in [1.165, 1.54) is 36.0 Å². The van der Waals surface area contributed by atoms with Gasteiger partial charge in [0.05, 0.1) is 16.0 Å². The van der Waals surface area contributed by atoms with Crippen molar-refractivity contribution in [3.05, 3.63) is 65.9 Å². The minimum atomic E-state index is -3.84. The van der Waals surface area contributed by atoms with Gasteiger partial charge in [0.25, 0.3) is 10.0 Å². The molecule has 0 amide bonds. The molecule has 3 fully saturated rings. The van der Waals surface area contributed by atoms with Gasteiger partial charge in [-0.1, -0.05) is 24.3 Å². The van der Waals surface area contributed by atoms with Gasteiger partial charge in [-0.15, -0.1) is 0 Å². The fourth-order valence-electron chi connectivity index (χ4n) is 5.20. The van der Waals surface area contributed by atoms with E-state index in [9.17, 15) is 18.3 Å². The molecule has 9 heteroatoms. The number of fused-ring (bicyclic) bond motifs is 4. The van der Waals surface area contributed by atoms with Gasteiger partial charge < -0.3 is 16.7 Å². The van der Waals surface area contributed by atoms with Gasteiger partial charge >= 0.3 is 24.8 Å². The maximum absolute atomic E-state index is 13.3. The third-order valence-electron chi connectivity index (χ3n) is 6.86. The fourth-order valence-corrected chi connectivity index (χ4v) is 6.60. The Hall–Kier alpha value is -2.08. The smallest absolute Gasteiger partial charge is 1.00 e. The molecular formula is C24H28LiN3O4S. The van der Waals surface area contributed by atoms with Crippen molar-refractivity contribution in [3.8, 4) is 0 Å². The summed E-state index contributed by atoms with van der Waals surface area (Å²) in [6.07, 6.45) is 4.59. The number of carbonyl (C=O) groups is 1. The normalized spacial score (nSPS) is 22.2. The van der Waals surface area contributed by atoms with Crippen molar-refractivity contribution < 1.29 is 38.6 Å². The van der Waals surface area contributed by atoms with Crippen LogP contribution in [0, 0.1) is 5.92 Å². The number of nitrogens with zero attached hydrogens (tertiary/aromatic N) is 2. The van der Waals surface area contributed by atoms with Crippen molar-refractivity contribution in [2.75, 3.05) is 26.2 Å². The van der Waals surface area contributed by atoms with Gasteiger partial charge in [0.1, 0.15) is 0 Å². The van der Waals surface area contributed by atoms with Crippen LogP contribution >= 0.6 is 0 Å². The van der Waals surface area contributed by atoms with E-state index in [2.05, 4.69) is 10.2 Å². The van der Waals surface area contributed by atoms with Gasteiger partial charge in [0, 0.05) is 24.2 Å². The minimum Gasteiger partial charge on any atom is -1.00 e. The molecule has 3 saturated heterocycles. The second-order valence-electron chi connectivity index (χ2n) is 8.72. The zero-order valence-corrected chi connectivity index (χ0v) is 19.6. The molecule has 0 saturated carbocycles. The monoisotopic (exact) mass is 461 g/mol. The van der Waals surface area contributed by atoms with E-state index >= 15 is 0 Å². The Labute approximate surface area is 207 Å². The first-order valence-corrected chi connectivity index (χ1v) is 12.5. The molecule has 0 radical (unpaired) electrons. The summed E-state index contributed by atoms with van der Waals surface area (Å²) < 4.78 is 27.9. The molecule has 0 spiro atoms. The molecule has 3 aromatic rings. The van der Waals surface area contributed by atoms with E-state index in [0.717, 1.165) is 12.1 Å². The Morgan fingerprint density at radius 3 is 2.45 bits per heavy atom. The van der Waals surface area contributed by atoms with Gasteiger partial charge in [-0.3, -0.25) is 0 Å². The van der Waals surface area contributed by atoms with Crippen molar-refractivity contribution in [2.24, 2.45) is 5.92 Å². The van der Waals surface area contributed by atoms with Gasteiger partial charge in [-0.05, 0) is 74.6 Å². The number of carboxylic acid groups (broad SMARTS) is 1. The first-order valence-electron chi connectivity index (χ1n) is 11.1. The third-order valence-corrected chi connectivity index (χ3v) is 8.55. The molecule has 3 aliphatic heterocycles. The van der Waals surface area contributed by atoms with Crippen molar-refractivity contribution in [3.63, 3.8) is 0 Å². The number of aromatic nitrogens is 1. The summed E-state index contributed by atoms with van der Waals surface area (Å²) in [5.74, 6) is -0.369. The second-order valence-corrected chi connectivity index (χ2v) is 10.5. The molecule has 6 rings (SSSR count). The van der Waals surface area contributed by atoms with Crippen molar-refractivity contribution in [1.82, 2.24) is 14.2 Å². The van der Waals surface area contributed by atoms with Crippen LogP contribution in [0.2, 0.25) is 0 Å². The molecule has 2 bridgehead atoms. The summed E-state index contributed by atoms with van der Waals surface area (Å²) >= 11 is 0. The van der Waals surface area contributed by atoms with E-state index < -0.39 is 16.0 Å². The number of carboxylic acids is 1. The molecule has 1 atom stereocenters. The van der Waals surface area contributed by atoms with Crippen LogP contribution in [0.4, 0.5) is 0 Å². The van der Waals surface area contributed by atoms with E-state index in [0.29, 0.717) is 35.8 Å². The minimum absolute atomic E-state index is 0. The Bertz CT molecular complexity index is 1260. The fraction of sp³-hybridized carbons (Fsp3) is 0.375. The van der Waals surface area contributed by atoms with E-state index in [4.69, 9.17) is 0 Å². The number of piperidine rings is 3. The molecule has 0 aliphatic carbocycles. The third kappa shape index (κ3) is 4.51. The van der Waals surface area contributed by atoms with Crippen LogP contribution in [0.3, 0.4) is 0 Å². The summed E-state index contributed by atoms with van der Waals surface area (Å²) in [6, 6.07) is 13.5. The quantitative estimate of drug-likeness (QED) is 0.479. The molecule has 2 N–H and O–H groups in total. The van der Waals surface area contributed by atoms with Crippen LogP contribution in [-0.4, -0.2) is 60.6 Å². The Kier molecular flexibility index (Phi) is 7.03.